The molecule has 2 bridgehead atoms. The largest absolute Gasteiger partial charge is 0.484 e. The lowest BCUT2D eigenvalue weighted by atomic mass is 9.56. The summed E-state index contributed by atoms with van der Waals surface area (Å²) in [5.41, 5.74) is -0.101. The first-order valence-electron chi connectivity index (χ1n) is 9.93. The highest BCUT2D eigenvalue weighted by Crippen LogP contribution is 2.50. The van der Waals surface area contributed by atoms with E-state index in [2.05, 4.69) is 21.9 Å². The maximum atomic E-state index is 13.5. The molecule has 1 heterocycles. The first-order chi connectivity index (χ1) is 14.3. The summed E-state index contributed by atoms with van der Waals surface area (Å²) in [4.78, 5) is 25.0. The fourth-order valence-corrected chi connectivity index (χ4v) is 5.37. The van der Waals surface area contributed by atoms with Gasteiger partial charge >= 0.3 is 0 Å². The van der Waals surface area contributed by atoms with E-state index in [1.807, 2.05) is 0 Å². The Balaban J connectivity index is 1.34. The number of ether oxygens (including phenoxy) is 1. The first kappa shape index (κ1) is 21.1. The minimum atomic E-state index is -0.586. The Kier molecular flexibility index (Phi) is 5.72. The monoisotopic (exact) mass is 451 g/mol. The van der Waals surface area contributed by atoms with Crippen LogP contribution < -0.4 is 15.4 Å². The van der Waals surface area contributed by atoms with Crippen LogP contribution in [0.1, 0.15) is 49.5 Å². The van der Waals surface area contributed by atoms with E-state index >= 15 is 0 Å². The molecule has 2 amide bonds. The van der Waals surface area contributed by atoms with Gasteiger partial charge in [0.1, 0.15) is 17.3 Å². The molecule has 1 aromatic heterocycles. The molecule has 2 aromatic rings. The van der Waals surface area contributed by atoms with Crippen molar-refractivity contribution in [3.63, 3.8) is 0 Å². The average molecular weight is 452 g/mol. The van der Waals surface area contributed by atoms with Gasteiger partial charge in [-0.3, -0.25) is 9.59 Å². The van der Waals surface area contributed by atoms with E-state index in [1.165, 1.54) is 23.7 Å². The van der Waals surface area contributed by atoms with Gasteiger partial charge < -0.3 is 15.4 Å². The molecule has 3 fully saturated rings. The molecule has 6 nitrogen and oxygen atoms in total. The standard InChI is InChI=1S/C21H23ClFN3O3S/c1-13-11-20(25-19(28)17-4-9-30-26-17)5-7-21(13,8-6-20)24-18(27)12-29-14-2-3-15(22)16(23)10-14/h2-4,9-10,13H,5-8,11-12H2,1H3,(H,24,27)(H,25,28)/t13-,20?,21?/m0/s1. The number of halogens is 2. The van der Waals surface area contributed by atoms with Gasteiger partial charge in [0.05, 0.1) is 5.02 Å². The molecule has 9 heteroatoms. The Morgan fingerprint density at radius 2 is 2.03 bits per heavy atom. The lowest BCUT2D eigenvalue weighted by Gasteiger charge is -2.57. The van der Waals surface area contributed by atoms with Gasteiger partial charge in [0.2, 0.25) is 0 Å². The van der Waals surface area contributed by atoms with E-state index < -0.39 is 5.82 Å². The van der Waals surface area contributed by atoms with E-state index in [0.717, 1.165) is 38.2 Å². The topological polar surface area (TPSA) is 80.3 Å². The van der Waals surface area contributed by atoms with Crippen LogP contribution in [-0.4, -0.2) is 33.9 Å². The van der Waals surface area contributed by atoms with Crippen molar-refractivity contribution < 1.29 is 18.7 Å². The molecule has 0 aliphatic heterocycles. The molecule has 2 N–H and O–H groups in total. The number of nitrogens with one attached hydrogen (secondary N) is 2. The molecule has 3 aliphatic rings. The predicted octanol–water partition coefficient (Wildman–Crippen LogP) is 3.95. The summed E-state index contributed by atoms with van der Waals surface area (Å²) in [6, 6.07) is 5.81. The minimum Gasteiger partial charge on any atom is -0.484 e. The van der Waals surface area contributed by atoms with Crippen LogP contribution in [-0.2, 0) is 4.79 Å². The quantitative estimate of drug-likeness (QED) is 0.696. The second-order valence-corrected chi connectivity index (χ2v) is 9.37. The van der Waals surface area contributed by atoms with Gasteiger partial charge in [0.15, 0.2) is 6.61 Å². The number of amides is 2. The van der Waals surface area contributed by atoms with Crippen molar-refractivity contribution in [2.75, 3.05) is 6.61 Å². The number of hydrogen-bond acceptors (Lipinski definition) is 5. The second kappa shape index (κ2) is 8.15. The average Bonchev–Trinajstić information content (AvgIpc) is 3.25. The second-order valence-electron chi connectivity index (χ2n) is 8.29. The molecular formula is C21H23ClFN3O3S. The summed E-state index contributed by atoms with van der Waals surface area (Å²) >= 11 is 6.92. The molecule has 0 spiro atoms. The van der Waals surface area contributed by atoms with Crippen LogP contribution in [0.5, 0.6) is 5.75 Å². The van der Waals surface area contributed by atoms with E-state index in [9.17, 15) is 14.0 Å². The lowest BCUT2D eigenvalue weighted by molar-refractivity contribution is -0.128. The summed E-state index contributed by atoms with van der Waals surface area (Å²) in [7, 11) is 0. The van der Waals surface area contributed by atoms with Crippen molar-refractivity contribution in [2.24, 2.45) is 5.92 Å². The molecular weight excluding hydrogens is 429 g/mol. The zero-order chi connectivity index (χ0) is 21.4. The van der Waals surface area contributed by atoms with E-state index in [-0.39, 0.29) is 46.2 Å². The number of rotatable bonds is 6. The Morgan fingerprint density at radius 3 is 2.67 bits per heavy atom. The molecule has 0 radical (unpaired) electrons. The molecule has 1 aromatic carbocycles. The van der Waals surface area contributed by atoms with Gasteiger partial charge in [-0.05, 0) is 67.8 Å². The third-order valence-corrected chi connectivity index (χ3v) is 7.30. The van der Waals surface area contributed by atoms with E-state index in [4.69, 9.17) is 16.3 Å². The van der Waals surface area contributed by atoms with Crippen LogP contribution in [0.4, 0.5) is 4.39 Å². The normalized spacial score (nSPS) is 27.5. The number of fused-ring (bicyclic) bond motifs is 3. The minimum absolute atomic E-state index is 0.00859. The highest BCUT2D eigenvalue weighted by Gasteiger charge is 2.54. The van der Waals surface area contributed by atoms with Crippen molar-refractivity contribution in [1.82, 2.24) is 15.0 Å². The SMILES string of the molecule is C[C@H]1CC2(NC(=O)c3ccsn3)CCC1(NC(=O)COc1ccc(Cl)c(F)c1)CC2. The number of aromatic nitrogens is 1. The molecule has 160 valence electrons. The molecule has 3 saturated carbocycles. The highest BCUT2D eigenvalue weighted by molar-refractivity contribution is 7.03. The summed E-state index contributed by atoms with van der Waals surface area (Å²) in [6.45, 7) is 1.92. The van der Waals surface area contributed by atoms with Gasteiger partial charge in [0, 0.05) is 22.5 Å². The smallest absolute Gasteiger partial charge is 0.271 e. The Morgan fingerprint density at radius 1 is 1.27 bits per heavy atom. The zero-order valence-electron chi connectivity index (χ0n) is 16.5. The zero-order valence-corrected chi connectivity index (χ0v) is 18.1. The lowest BCUT2D eigenvalue weighted by Crippen LogP contribution is -2.67. The van der Waals surface area contributed by atoms with Crippen LogP contribution in [0.15, 0.2) is 29.6 Å². The van der Waals surface area contributed by atoms with Crippen molar-refractivity contribution in [3.05, 3.63) is 46.2 Å². The van der Waals surface area contributed by atoms with E-state index in [1.54, 1.807) is 11.4 Å². The number of benzene rings is 1. The number of hydrogen-bond donors (Lipinski definition) is 2. The summed E-state index contributed by atoms with van der Waals surface area (Å²) in [5.74, 6) is -0.498. The molecule has 0 saturated heterocycles. The van der Waals surface area contributed by atoms with Gasteiger partial charge in [0.25, 0.3) is 11.8 Å². The summed E-state index contributed by atoms with van der Waals surface area (Å²) in [6.07, 6.45) is 3.97. The van der Waals surface area contributed by atoms with E-state index in [0.29, 0.717) is 5.69 Å². The molecule has 1 atom stereocenters. The molecule has 30 heavy (non-hydrogen) atoms. The number of nitrogens with zero attached hydrogens (tertiary/aromatic N) is 1. The van der Waals surface area contributed by atoms with Gasteiger partial charge in [-0.25, -0.2) is 4.39 Å². The highest BCUT2D eigenvalue weighted by atomic mass is 35.5. The van der Waals surface area contributed by atoms with Gasteiger partial charge in [-0.1, -0.05) is 18.5 Å². The maximum Gasteiger partial charge on any atom is 0.271 e. The Bertz CT molecular complexity index is 945. The van der Waals surface area contributed by atoms with Gasteiger partial charge in [-0.2, -0.15) is 4.37 Å². The third kappa shape index (κ3) is 4.16. The molecule has 5 rings (SSSR count). The molecule has 0 unspecified atom stereocenters. The predicted molar refractivity (Wildman–Crippen MR) is 112 cm³/mol. The summed E-state index contributed by atoms with van der Waals surface area (Å²) < 4.78 is 23.1. The van der Waals surface area contributed by atoms with Crippen molar-refractivity contribution in [3.8, 4) is 5.75 Å². The van der Waals surface area contributed by atoms with Crippen LogP contribution in [0.2, 0.25) is 5.02 Å². The van der Waals surface area contributed by atoms with Crippen molar-refractivity contribution in [1.29, 1.82) is 0 Å². The number of carbonyl (C=O) groups is 2. The van der Waals surface area contributed by atoms with Gasteiger partial charge in [-0.15, -0.1) is 0 Å². The Labute approximate surface area is 183 Å². The van der Waals surface area contributed by atoms with Crippen molar-refractivity contribution >= 4 is 34.9 Å². The van der Waals surface area contributed by atoms with Crippen LogP contribution in [0.3, 0.4) is 0 Å². The summed E-state index contributed by atoms with van der Waals surface area (Å²) in [5, 5.41) is 8.16. The Hall–Kier alpha value is -2.19. The fraction of sp³-hybridized carbons (Fsp3) is 0.476. The number of carbonyl (C=O) groups excluding carboxylic acids is 2. The van der Waals surface area contributed by atoms with Crippen LogP contribution in [0.25, 0.3) is 0 Å². The van der Waals surface area contributed by atoms with Crippen LogP contribution in [0, 0.1) is 11.7 Å². The maximum absolute atomic E-state index is 13.5. The first-order valence-corrected chi connectivity index (χ1v) is 11.1. The third-order valence-electron chi connectivity index (χ3n) is 6.44. The molecule has 3 aliphatic carbocycles. The van der Waals surface area contributed by atoms with Crippen molar-refractivity contribution in [2.45, 2.75) is 50.1 Å². The van der Waals surface area contributed by atoms with Crippen LogP contribution >= 0.6 is 23.1 Å². The fourth-order valence-electron chi connectivity index (χ4n) is 4.74.